The van der Waals surface area contributed by atoms with E-state index in [4.69, 9.17) is 0 Å². The molecule has 3 aliphatic rings. The summed E-state index contributed by atoms with van der Waals surface area (Å²) in [5.74, 6) is -1.34. The normalized spacial score (nSPS) is 41.6. The van der Waals surface area contributed by atoms with Crippen molar-refractivity contribution in [2.75, 3.05) is 6.54 Å². The zero-order valence-electron chi connectivity index (χ0n) is 10.6. The Bertz CT molecular complexity index is 417. The minimum absolute atomic E-state index is 0.0689. The second-order valence-electron chi connectivity index (χ2n) is 5.86. The van der Waals surface area contributed by atoms with E-state index < -0.39 is 11.9 Å². The molecule has 0 radical (unpaired) electrons. The summed E-state index contributed by atoms with van der Waals surface area (Å²) in [6.07, 6.45) is 6.96. The van der Waals surface area contributed by atoms with Crippen LogP contribution in [0.15, 0.2) is 12.2 Å². The van der Waals surface area contributed by atoms with E-state index in [0.29, 0.717) is 0 Å². The van der Waals surface area contributed by atoms with Gasteiger partial charge in [-0.25, -0.2) is 0 Å². The molecule has 2 aliphatic carbocycles. The molecule has 0 aromatic heterocycles. The van der Waals surface area contributed by atoms with Gasteiger partial charge in [-0.15, -0.1) is 0 Å². The molecule has 4 heteroatoms. The molecular formula is C14H19NO3. The highest BCUT2D eigenvalue weighted by Crippen LogP contribution is 2.49. The van der Waals surface area contributed by atoms with E-state index in [2.05, 4.69) is 6.92 Å². The molecule has 1 amide bonds. The molecule has 1 heterocycles. The van der Waals surface area contributed by atoms with Gasteiger partial charge in [0.25, 0.3) is 0 Å². The first kappa shape index (κ1) is 11.8. The van der Waals surface area contributed by atoms with E-state index in [-0.39, 0.29) is 29.7 Å². The second kappa shape index (κ2) is 4.11. The number of hydrogen-bond donors (Lipinski definition) is 1. The lowest BCUT2D eigenvalue weighted by molar-refractivity contribution is -0.151. The molecule has 2 fully saturated rings. The number of aliphatic carboxylic acids is 1. The molecule has 0 spiro atoms. The van der Waals surface area contributed by atoms with E-state index in [1.165, 1.54) is 0 Å². The van der Waals surface area contributed by atoms with E-state index in [0.717, 1.165) is 25.8 Å². The van der Waals surface area contributed by atoms with Crippen LogP contribution in [0, 0.1) is 23.7 Å². The van der Waals surface area contributed by atoms with Crippen molar-refractivity contribution in [3.63, 3.8) is 0 Å². The molecule has 5 atom stereocenters. The number of carboxylic acid groups (broad SMARTS) is 1. The van der Waals surface area contributed by atoms with Crippen LogP contribution in [0.4, 0.5) is 0 Å². The first-order valence-corrected chi connectivity index (χ1v) is 6.81. The van der Waals surface area contributed by atoms with Crippen LogP contribution < -0.4 is 0 Å². The van der Waals surface area contributed by atoms with Crippen molar-refractivity contribution >= 4 is 11.9 Å². The largest absolute Gasteiger partial charge is 0.481 e. The van der Waals surface area contributed by atoms with Crippen LogP contribution in [-0.4, -0.2) is 34.5 Å². The summed E-state index contributed by atoms with van der Waals surface area (Å²) in [6.45, 7) is 2.85. The van der Waals surface area contributed by atoms with Gasteiger partial charge in [0.05, 0.1) is 11.8 Å². The van der Waals surface area contributed by atoms with Crippen LogP contribution in [0.1, 0.15) is 26.2 Å². The fraction of sp³-hybridized carbons (Fsp3) is 0.714. The summed E-state index contributed by atoms with van der Waals surface area (Å²) in [5.41, 5.74) is 0. The van der Waals surface area contributed by atoms with Crippen LogP contribution in [0.25, 0.3) is 0 Å². The molecule has 1 saturated heterocycles. The Morgan fingerprint density at radius 1 is 1.22 bits per heavy atom. The summed E-state index contributed by atoms with van der Waals surface area (Å²) in [7, 11) is 0. The van der Waals surface area contributed by atoms with Gasteiger partial charge in [-0.2, -0.15) is 0 Å². The number of carbonyl (C=O) groups is 2. The lowest BCUT2D eigenvalue weighted by Gasteiger charge is -2.30. The van der Waals surface area contributed by atoms with Crippen molar-refractivity contribution in [2.24, 2.45) is 23.7 Å². The second-order valence-corrected chi connectivity index (χ2v) is 5.86. The predicted molar refractivity (Wildman–Crippen MR) is 65.8 cm³/mol. The number of hydrogen-bond acceptors (Lipinski definition) is 2. The maximum Gasteiger partial charge on any atom is 0.307 e. The number of likely N-dealkylation sites (tertiary alicyclic amines) is 1. The highest BCUT2D eigenvalue weighted by molar-refractivity contribution is 5.87. The molecule has 5 unspecified atom stereocenters. The summed E-state index contributed by atoms with van der Waals surface area (Å²) in [6, 6.07) is 0.273. The molecule has 3 rings (SSSR count). The van der Waals surface area contributed by atoms with Gasteiger partial charge in [-0.3, -0.25) is 9.59 Å². The molecule has 4 nitrogen and oxygen atoms in total. The molecular weight excluding hydrogens is 230 g/mol. The van der Waals surface area contributed by atoms with Crippen LogP contribution >= 0.6 is 0 Å². The Balaban J connectivity index is 1.84. The minimum atomic E-state index is -0.808. The lowest BCUT2D eigenvalue weighted by atomic mass is 9.82. The fourth-order valence-corrected chi connectivity index (χ4v) is 3.95. The summed E-state index contributed by atoms with van der Waals surface area (Å²) >= 11 is 0. The van der Waals surface area contributed by atoms with Gasteiger partial charge in [0.1, 0.15) is 0 Å². The minimum Gasteiger partial charge on any atom is -0.481 e. The van der Waals surface area contributed by atoms with Gasteiger partial charge in [0, 0.05) is 12.6 Å². The van der Waals surface area contributed by atoms with Crippen molar-refractivity contribution in [1.29, 1.82) is 0 Å². The van der Waals surface area contributed by atoms with Gasteiger partial charge < -0.3 is 10.0 Å². The predicted octanol–water partition coefficient (Wildman–Crippen LogP) is 1.52. The van der Waals surface area contributed by atoms with E-state index in [1.807, 2.05) is 17.1 Å². The van der Waals surface area contributed by atoms with Crippen molar-refractivity contribution in [1.82, 2.24) is 4.90 Å². The van der Waals surface area contributed by atoms with E-state index >= 15 is 0 Å². The number of fused-ring (bicyclic) bond motifs is 2. The maximum absolute atomic E-state index is 12.6. The molecule has 1 saturated carbocycles. The third-order valence-electron chi connectivity index (χ3n) is 4.87. The Morgan fingerprint density at radius 2 is 1.89 bits per heavy atom. The molecule has 0 aromatic carbocycles. The summed E-state index contributed by atoms with van der Waals surface area (Å²) in [5, 5.41) is 9.36. The first-order chi connectivity index (χ1) is 8.59. The van der Waals surface area contributed by atoms with Crippen LogP contribution in [0.3, 0.4) is 0 Å². The van der Waals surface area contributed by atoms with Crippen molar-refractivity contribution in [3.8, 4) is 0 Å². The zero-order valence-corrected chi connectivity index (χ0v) is 10.6. The van der Waals surface area contributed by atoms with E-state index in [9.17, 15) is 14.7 Å². The van der Waals surface area contributed by atoms with Crippen LogP contribution in [0.5, 0.6) is 0 Å². The quantitative estimate of drug-likeness (QED) is 0.755. The van der Waals surface area contributed by atoms with Gasteiger partial charge in [-0.1, -0.05) is 12.2 Å². The highest BCUT2D eigenvalue weighted by Gasteiger charge is 2.53. The molecule has 98 valence electrons. The fourth-order valence-electron chi connectivity index (χ4n) is 3.95. The molecule has 0 aromatic rings. The Hall–Kier alpha value is -1.32. The van der Waals surface area contributed by atoms with Gasteiger partial charge in [-0.05, 0) is 38.0 Å². The number of carboxylic acids is 1. The third kappa shape index (κ3) is 1.58. The lowest BCUT2D eigenvalue weighted by Crippen LogP contribution is -2.44. The van der Waals surface area contributed by atoms with Crippen LogP contribution in [0.2, 0.25) is 0 Å². The van der Waals surface area contributed by atoms with Crippen molar-refractivity contribution in [2.45, 2.75) is 32.2 Å². The number of rotatable bonds is 2. The Labute approximate surface area is 107 Å². The molecule has 18 heavy (non-hydrogen) atoms. The smallest absolute Gasteiger partial charge is 0.307 e. The first-order valence-electron chi connectivity index (χ1n) is 6.81. The number of carbonyl (C=O) groups excluding carboxylic acids is 1. The van der Waals surface area contributed by atoms with Gasteiger partial charge >= 0.3 is 5.97 Å². The number of allylic oxidation sites excluding steroid dienone is 2. The van der Waals surface area contributed by atoms with Crippen molar-refractivity contribution in [3.05, 3.63) is 12.2 Å². The number of nitrogens with zero attached hydrogens (tertiary/aromatic N) is 1. The maximum atomic E-state index is 12.6. The van der Waals surface area contributed by atoms with Gasteiger partial charge in [0.15, 0.2) is 0 Å². The highest BCUT2D eigenvalue weighted by atomic mass is 16.4. The summed E-state index contributed by atoms with van der Waals surface area (Å²) < 4.78 is 0. The number of amides is 1. The topological polar surface area (TPSA) is 57.6 Å². The van der Waals surface area contributed by atoms with Crippen molar-refractivity contribution < 1.29 is 14.7 Å². The standard InChI is InChI=1S/C14H19NO3/c1-8-3-2-6-15(8)13(16)11-9-4-5-10(7-9)12(11)14(17)18/h4-5,8-12H,2-3,6-7H2,1H3,(H,17,18). The Kier molecular flexibility index (Phi) is 2.68. The van der Waals surface area contributed by atoms with Crippen LogP contribution in [-0.2, 0) is 9.59 Å². The average Bonchev–Trinajstić information content (AvgIpc) is 3.01. The van der Waals surface area contributed by atoms with E-state index in [1.54, 1.807) is 0 Å². The monoisotopic (exact) mass is 249 g/mol. The Morgan fingerprint density at radius 3 is 2.44 bits per heavy atom. The average molecular weight is 249 g/mol. The zero-order chi connectivity index (χ0) is 12.9. The third-order valence-corrected chi connectivity index (χ3v) is 4.87. The molecule has 1 aliphatic heterocycles. The summed E-state index contributed by atoms with van der Waals surface area (Å²) in [4.78, 5) is 25.9. The van der Waals surface area contributed by atoms with Gasteiger partial charge in [0.2, 0.25) is 5.91 Å². The molecule has 2 bridgehead atoms. The SMILES string of the molecule is CC1CCCN1C(=O)C1C2C=CC(C2)C1C(=O)O. The molecule has 1 N–H and O–H groups in total.